The Bertz CT molecular complexity index is 1530. The second-order valence-electron chi connectivity index (χ2n) is 10.2. The number of halogens is 2. The molecule has 0 bridgehead atoms. The van der Waals surface area contributed by atoms with Crippen molar-refractivity contribution in [3.05, 3.63) is 111 Å². The van der Waals surface area contributed by atoms with Crippen LogP contribution >= 0.6 is 0 Å². The SMILES string of the molecule is COc1cccc(Cc2c(CC(C)CC3(c4ccc(C)c(F)c4)NCCN3)oc3cc(F)ccc3c2=O)c1. The molecule has 7 heteroatoms. The fraction of sp³-hybridized carbons (Fsp3) is 0.323. The van der Waals surface area contributed by atoms with Crippen LogP contribution in [0.25, 0.3) is 11.0 Å². The van der Waals surface area contributed by atoms with Crippen molar-refractivity contribution in [1.82, 2.24) is 10.6 Å². The molecular weight excluding hydrogens is 486 g/mol. The van der Waals surface area contributed by atoms with Crippen LogP contribution < -0.4 is 20.8 Å². The maximum Gasteiger partial charge on any atom is 0.196 e. The summed E-state index contributed by atoms with van der Waals surface area (Å²) in [4.78, 5) is 13.6. The van der Waals surface area contributed by atoms with Crippen LogP contribution in [0.4, 0.5) is 8.78 Å². The van der Waals surface area contributed by atoms with E-state index in [9.17, 15) is 13.6 Å². The molecule has 1 fully saturated rings. The number of hydrogen-bond acceptors (Lipinski definition) is 5. The molecule has 5 nitrogen and oxygen atoms in total. The first kappa shape index (κ1) is 26.1. The number of benzene rings is 3. The van der Waals surface area contributed by atoms with Gasteiger partial charge in [0.15, 0.2) is 5.43 Å². The number of nitrogens with one attached hydrogen (secondary N) is 2. The van der Waals surface area contributed by atoms with Gasteiger partial charge in [-0.05, 0) is 66.3 Å². The van der Waals surface area contributed by atoms with Crippen molar-refractivity contribution < 1.29 is 17.9 Å². The normalized spacial score (nSPS) is 15.6. The van der Waals surface area contributed by atoms with Gasteiger partial charge in [0, 0.05) is 37.6 Å². The van der Waals surface area contributed by atoms with Crippen LogP contribution in [0.2, 0.25) is 0 Å². The van der Waals surface area contributed by atoms with E-state index < -0.39 is 11.5 Å². The van der Waals surface area contributed by atoms with E-state index in [2.05, 4.69) is 17.6 Å². The quantitative estimate of drug-likeness (QED) is 0.318. The van der Waals surface area contributed by atoms with Gasteiger partial charge in [0.05, 0.1) is 18.2 Å². The van der Waals surface area contributed by atoms with Crippen molar-refractivity contribution in [1.29, 1.82) is 0 Å². The van der Waals surface area contributed by atoms with Crippen molar-refractivity contribution in [2.75, 3.05) is 20.2 Å². The van der Waals surface area contributed by atoms with Gasteiger partial charge in [-0.2, -0.15) is 0 Å². The third-order valence-corrected chi connectivity index (χ3v) is 7.38. The zero-order valence-electron chi connectivity index (χ0n) is 21.9. The van der Waals surface area contributed by atoms with Gasteiger partial charge < -0.3 is 9.15 Å². The summed E-state index contributed by atoms with van der Waals surface area (Å²) in [5.41, 5.74) is 2.38. The first-order valence-corrected chi connectivity index (χ1v) is 12.9. The molecule has 5 rings (SSSR count). The summed E-state index contributed by atoms with van der Waals surface area (Å²) in [7, 11) is 1.60. The molecule has 0 saturated carbocycles. The molecule has 3 aromatic carbocycles. The molecule has 1 aliphatic heterocycles. The van der Waals surface area contributed by atoms with Crippen molar-refractivity contribution in [3.63, 3.8) is 0 Å². The summed E-state index contributed by atoms with van der Waals surface area (Å²) in [5.74, 6) is 0.575. The summed E-state index contributed by atoms with van der Waals surface area (Å²) in [6.45, 7) is 5.35. The third-order valence-electron chi connectivity index (χ3n) is 7.38. The lowest BCUT2D eigenvalue weighted by Gasteiger charge is -2.33. The first-order chi connectivity index (χ1) is 18.3. The highest BCUT2D eigenvalue weighted by atomic mass is 19.1. The molecule has 198 valence electrons. The lowest BCUT2D eigenvalue weighted by molar-refractivity contribution is 0.259. The van der Waals surface area contributed by atoms with Gasteiger partial charge in [-0.25, -0.2) is 8.78 Å². The lowest BCUT2D eigenvalue weighted by atomic mass is 9.86. The van der Waals surface area contributed by atoms with Gasteiger partial charge in [0.1, 0.15) is 28.7 Å². The van der Waals surface area contributed by atoms with E-state index in [1.165, 1.54) is 18.2 Å². The van der Waals surface area contributed by atoms with E-state index in [0.29, 0.717) is 47.3 Å². The molecule has 0 amide bonds. The maximum atomic E-state index is 14.5. The number of methoxy groups -OCH3 is 1. The first-order valence-electron chi connectivity index (χ1n) is 12.9. The van der Waals surface area contributed by atoms with E-state index in [0.717, 1.165) is 24.2 Å². The predicted molar refractivity (Wildman–Crippen MR) is 145 cm³/mol. The van der Waals surface area contributed by atoms with Gasteiger partial charge in [-0.15, -0.1) is 0 Å². The van der Waals surface area contributed by atoms with Crippen LogP contribution in [0.3, 0.4) is 0 Å². The van der Waals surface area contributed by atoms with E-state index >= 15 is 0 Å². The van der Waals surface area contributed by atoms with Gasteiger partial charge in [0.2, 0.25) is 0 Å². The molecular formula is C31H32F2N2O3. The van der Waals surface area contributed by atoms with Gasteiger partial charge in [-0.3, -0.25) is 15.4 Å². The van der Waals surface area contributed by atoms with E-state index in [4.69, 9.17) is 9.15 Å². The highest BCUT2D eigenvalue weighted by Gasteiger charge is 2.37. The van der Waals surface area contributed by atoms with Crippen molar-refractivity contribution in [2.45, 2.75) is 38.8 Å². The molecule has 38 heavy (non-hydrogen) atoms. The summed E-state index contributed by atoms with van der Waals surface area (Å²) >= 11 is 0. The Kier molecular flexibility index (Phi) is 7.32. The zero-order valence-corrected chi connectivity index (χ0v) is 21.9. The number of hydrogen-bond donors (Lipinski definition) is 2. The van der Waals surface area contributed by atoms with E-state index in [1.807, 2.05) is 30.3 Å². The summed E-state index contributed by atoms with van der Waals surface area (Å²) in [6, 6.07) is 16.9. The summed E-state index contributed by atoms with van der Waals surface area (Å²) in [6.07, 6.45) is 1.46. The minimum Gasteiger partial charge on any atom is -0.497 e. The van der Waals surface area contributed by atoms with Crippen molar-refractivity contribution in [3.8, 4) is 5.75 Å². The molecule has 1 aliphatic rings. The molecule has 2 N–H and O–H groups in total. The smallest absolute Gasteiger partial charge is 0.196 e. The topological polar surface area (TPSA) is 63.5 Å². The third kappa shape index (κ3) is 5.22. The largest absolute Gasteiger partial charge is 0.497 e. The van der Waals surface area contributed by atoms with Gasteiger partial charge >= 0.3 is 0 Å². The van der Waals surface area contributed by atoms with E-state index in [-0.39, 0.29) is 22.7 Å². The van der Waals surface area contributed by atoms with Gasteiger partial charge in [-0.1, -0.05) is 31.2 Å². The van der Waals surface area contributed by atoms with Crippen molar-refractivity contribution in [2.24, 2.45) is 5.92 Å². The molecule has 0 radical (unpaired) electrons. The molecule has 1 atom stereocenters. The molecule has 2 heterocycles. The highest BCUT2D eigenvalue weighted by Crippen LogP contribution is 2.32. The molecule has 1 saturated heterocycles. The molecule has 0 aliphatic carbocycles. The average Bonchev–Trinajstić information content (AvgIpc) is 3.37. The standard InChI is InChI=1S/C31H32F2N2O3/c1-19(18-31(34-11-12-35-31)22-8-7-20(2)27(33)16-22)13-28-26(15-21-5-4-6-24(14-21)37-3)30(36)25-10-9-23(32)17-29(25)38-28/h4-10,14,16-17,19,34-35H,11-13,15,18H2,1-3H3. The fourth-order valence-electron chi connectivity index (χ4n) is 5.43. The Morgan fingerprint density at radius 3 is 2.58 bits per heavy atom. The Hall–Kier alpha value is -3.55. The Balaban J connectivity index is 1.51. The Labute approximate surface area is 220 Å². The average molecular weight is 519 g/mol. The minimum absolute atomic E-state index is 0.0377. The number of fused-ring (bicyclic) bond motifs is 1. The number of rotatable bonds is 8. The van der Waals surface area contributed by atoms with Crippen LogP contribution in [0, 0.1) is 24.5 Å². The van der Waals surface area contributed by atoms with Crippen LogP contribution in [0.1, 0.15) is 41.4 Å². The van der Waals surface area contributed by atoms with Crippen LogP contribution in [0.5, 0.6) is 5.75 Å². The molecule has 1 aromatic heterocycles. The minimum atomic E-state index is -0.593. The Morgan fingerprint density at radius 2 is 1.84 bits per heavy atom. The predicted octanol–water partition coefficient (Wildman–Crippen LogP) is 5.59. The van der Waals surface area contributed by atoms with Gasteiger partial charge in [0.25, 0.3) is 0 Å². The monoisotopic (exact) mass is 518 g/mol. The van der Waals surface area contributed by atoms with Crippen LogP contribution in [0.15, 0.2) is 69.9 Å². The molecule has 1 unspecified atom stereocenters. The number of aryl methyl sites for hydroxylation is 1. The second-order valence-corrected chi connectivity index (χ2v) is 10.2. The lowest BCUT2D eigenvalue weighted by Crippen LogP contribution is -2.47. The molecule has 4 aromatic rings. The maximum absolute atomic E-state index is 14.5. The van der Waals surface area contributed by atoms with Crippen LogP contribution in [-0.4, -0.2) is 20.2 Å². The molecule has 0 spiro atoms. The summed E-state index contributed by atoms with van der Waals surface area (Å²) < 4.78 is 40.1. The number of ether oxygens (including phenoxy) is 1. The fourth-order valence-corrected chi connectivity index (χ4v) is 5.43. The van der Waals surface area contributed by atoms with Crippen molar-refractivity contribution >= 4 is 11.0 Å². The van der Waals surface area contributed by atoms with Crippen LogP contribution in [-0.2, 0) is 18.5 Å². The highest BCUT2D eigenvalue weighted by molar-refractivity contribution is 5.77. The Morgan fingerprint density at radius 1 is 1.05 bits per heavy atom. The second kappa shape index (κ2) is 10.7. The zero-order chi connectivity index (χ0) is 26.9. The summed E-state index contributed by atoms with van der Waals surface area (Å²) in [5, 5.41) is 7.42. The van der Waals surface area contributed by atoms with E-state index in [1.54, 1.807) is 26.2 Å².